The number of aliphatic hydroxyl groups is 2. The monoisotopic (exact) mass is 560 g/mol. The lowest BCUT2D eigenvalue weighted by atomic mass is 10.0. The molecule has 3 aromatic carbocycles. The largest absolute Gasteiger partial charge is 0.481 e. The van der Waals surface area contributed by atoms with E-state index in [1.54, 1.807) is 24.3 Å². The topological polar surface area (TPSA) is 110 Å². The second kappa shape index (κ2) is 15.5. The second-order valence-corrected chi connectivity index (χ2v) is 10.1. The zero-order valence-corrected chi connectivity index (χ0v) is 23.3. The van der Waals surface area contributed by atoms with Crippen molar-refractivity contribution in [1.29, 1.82) is 0 Å². The number of nitrogens with one attached hydrogen (secondary N) is 1. The number of carboxylic acid groups (broad SMARTS) is 1. The van der Waals surface area contributed by atoms with Crippen molar-refractivity contribution in [2.75, 3.05) is 11.9 Å². The lowest BCUT2D eigenvalue weighted by Gasteiger charge is -2.33. The highest BCUT2D eigenvalue weighted by Crippen LogP contribution is 2.31. The Morgan fingerprint density at radius 2 is 1.51 bits per heavy atom. The number of benzene rings is 3. The van der Waals surface area contributed by atoms with Crippen LogP contribution in [0, 0.1) is 11.7 Å². The highest BCUT2D eigenvalue weighted by atomic mass is 19.1. The number of hydrogen-bond acceptors (Lipinski definition) is 5. The molecule has 0 saturated carbocycles. The van der Waals surface area contributed by atoms with E-state index in [0.717, 1.165) is 5.56 Å². The van der Waals surface area contributed by atoms with Gasteiger partial charge in [-0.15, -0.1) is 0 Å². The Morgan fingerprint density at radius 1 is 0.902 bits per heavy atom. The number of allylic oxidation sites excluding steroid dienone is 1. The highest BCUT2D eigenvalue weighted by molar-refractivity contribution is 6.00. The molecule has 2 atom stereocenters. The molecule has 0 saturated heterocycles. The van der Waals surface area contributed by atoms with Gasteiger partial charge in [0.2, 0.25) is 5.91 Å². The summed E-state index contributed by atoms with van der Waals surface area (Å²) in [6.45, 7) is 4.14. The quantitative estimate of drug-likeness (QED) is 0.147. The fraction of sp³-hybridized carbons (Fsp3) is 0.273. The number of aliphatic carboxylic acids is 1. The minimum absolute atomic E-state index is 0.107. The van der Waals surface area contributed by atoms with Crippen LogP contribution in [0.5, 0.6) is 0 Å². The van der Waals surface area contributed by atoms with Crippen LogP contribution >= 0.6 is 0 Å². The van der Waals surface area contributed by atoms with Gasteiger partial charge >= 0.3 is 5.97 Å². The van der Waals surface area contributed by atoms with Crippen LogP contribution in [0.2, 0.25) is 0 Å². The SMILES string of the molecule is CC(C)/C(=C\C(=O)Nc1ccccc1)N(CC[C@H](O)C[C@@H](O)CC(=O)O)/C(=C/c1ccccc1)c1ccc(F)cc1. The van der Waals surface area contributed by atoms with Crippen LogP contribution in [0.15, 0.2) is 96.7 Å². The second-order valence-electron chi connectivity index (χ2n) is 10.1. The molecular formula is C33H37FN2O5. The number of carbonyl (C=O) groups excluding carboxylic acids is 1. The van der Waals surface area contributed by atoms with Gasteiger partial charge in [-0.3, -0.25) is 9.59 Å². The van der Waals surface area contributed by atoms with Crippen molar-refractivity contribution in [1.82, 2.24) is 4.90 Å². The first-order valence-electron chi connectivity index (χ1n) is 13.6. The molecule has 0 aliphatic heterocycles. The fourth-order valence-corrected chi connectivity index (χ4v) is 4.42. The van der Waals surface area contributed by atoms with Gasteiger partial charge in [-0.2, -0.15) is 0 Å². The molecule has 0 aliphatic carbocycles. The summed E-state index contributed by atoms with van der Waals surface area (Å²) < 4.78 is 13.9. The number of rotatable bonds is 14. The summed E-state index contributed by atoms with van der Waals surface area (Å²) >= 11 is 0. The van der Waals surface area contributed by atoms with Crippen LogP contribution < -0.4 is 5.32 Å². The van der Waals surface area contributed by atoms with Crippen molar-refractivity contribution in [2.45, 2.75) is 45.3 Å². The highest BCUT2D eigenvalue weighted by Gasteiger charge is 2.23. The maximum absolute atomic E-state index is 13.9. The summed E-state index contributed by atoms with van der Waals surface area (Å²) in [6.07, 6.45) is 0.869. The van der Waals surface area contributed by atoms with E-state index in [1.807, 2.05) is 73.4 Å². The molecule has 0 heterocycles. The van der Waals surface area contributed by atoms with Crippen molar-refractivity contribution in [3.8, 4) is 0 Å². The van der Waals surface area contributed by atoms with Crippen LogP contribution in [-0.2, 0) is 9.59 Å². The van der Waals surface area contributed by atoms with Crippen molar-refractivity contribution in [3.05, 3.63) is 114 Å². The fourth-order valence-electron chi connectivity index (χ4n) is 4.42. The molecule has 0 bridgehead atoms. The number of hydrogen-bond donors (Lipinski definition) is 4. The van der Waals surface area contributed by atoms with Gasteiger partial charge in [-0.25, -0.2) is 4.39 Å². The molecule has 4 N–H and O–H groups in total. The zero-order chi connectivity index (χ0) is 29.8. The van der Waals surface area contributed by atoms with Crippen molar-refractivity contribution < 1.29 is 29.3 Å². The van der Waals surface area contributed by atoms with E-state index in [9.17, 15) is 24.2 Å². The molecule has 216 valence electrons. The van der Waals surface area contributed by atoms with Crippen molar-refractivity contribution >= 4 is 29.3 Å². The lowest BCUT2D eigenvalue weighted by Crippen LogP contribution is -2.30. The van der Waals surface area contributed by atoms with Gasteiger partial charge in [-0.05, 0) is 72.4 Å². The zero-order valence-electron chi connectivity index (χ0n) is 23.3. The summed E-state index contributed by atoms with van der Waals surface area (Å²) in [5.41, 5.74) is 3.56. The Labute approximate surface area is 240 Å². The summed E-state index contributed by atoms with van der Waals surface area (Å²) in [6, 6.07) is 24.7. The minimum Gasteiger partial charge on any atom is -0.481 e. The first kappa shape index (κ1) is 31.3. The molecule has 0 aromatic heterocycles. The summed E-state index contributed by atoms with van der Waals surface area (Å²) in [5.74, 6) is -2.00. The summed E-state index contributed by atoms with van der Waals surface area (Å²) in [5, 5.41) is 32.6. The van der Waals surface area contributed by atoms with E-state index in [0.29, 0.717) is 22.6 Å². The van der Waals surface area contributed by atoms with E-state index in [-0.39, 0.29) is 37.0 Å². The number of carboxylic acids is 1. The van der Waals surface area contributed by atoms with Gasteiger partial charge in [0.25, 0.3) is 0 Å². The predicted octanol–water partition coefficient (Wildman–Crippen LogP) is 5.78. The number of amides is 1. The van der Waals surface area contributed by atoms with E-state index in [2.05, 4.69) is 5.32 Å². The van der Waals surface area contributed by atoms with E-state index >= 15 is 0 Å². The van der Waals surface area contributed by atoms with Crippen LogP contribution in [0.4, 0.5) is 10.1 Å². The Kier molecular flexibility index (Phi) is 11.8. The van der Waals surface area contributed by atoms with E-state index in [1.165, 1.54) is 18.2 Å². The first-order chi connectivity index (χ1) is 19.6. The molecular weight excluding hydrogens is 523 g/mol. The molecule has 41 heavy (non-hydrogen) atoms. The van der Waals surface area contributed by atoms with Gasteiger partial charge in [-0.1, -0.05) is 62.4 Å². The molecule has 7 nitrogen and oxygen atoms in total. The number of carbonyl (C=O) groups is 2. The Bertz CT molecular complexity index is 1320. The van der Waals surface area contributed by atoms with E-state index in [4.69, 9.17) is 5.11 Å². The maximum atomic E-state index is 13.9. The number of anilines is 1. The van der Waals surface area contributed by atoms with Crippen molar-refractivity contribution in [2.24, 2.45) is 5.92 Å². The smallest absolute Gasteiger partial charge is 0.305 e. The minimum atomic E-state index is -1.19. The summed E-state index contributed by atoms with van der Waals surface area (Å²) in [7, 11) is 0. The number of para-hydroxylation sites is 1. The molecule has 0 fully saturated rings. The summed E-state index contributed by atoms with van der Waals surface area (Å²) in [4.78, 5) is 26.0. The third-order valence-corrected chi connectivity index (χ3v) is 6.40. The number of halogens is 1. The normalized spacial score (nSPS) is 13.5. The van der Waals surface area contributed by atoms with Gasteiger partial charge < -0.3 is 25.5 Å². The van der Waals surface area contributed by atoms with Gasteiger partial charge in [0.15, 0.2) is 0 Å². The van der Waals surface area contributed by atoms with Gasteiger partial charge in [0.1, 0.15) is 5.82 Å². The first-order valence-corrected chi connectivity index (χ1v) is 13.6. The van der Waals surface area contributed by atoms with Gasteiger partial charge in [0, 0.05) is 29.7 Å². The number of nitrogens with zero attached hydrogens (tertiary/aromatic N) is 1. The average molecular weight is 561 g/mol. The average Bonchev–Trinajstić information content (AvgIpc) is 2.92. The maximum Gasteiger partial charge on any atom is 0.305 e. The number of aliphatic hydroxyl groups excluding tert-OH is 2. The third-order valence-electron chi connectivity index (χ3n) is 6.40. The Morgan fingerprint density at radius 3 is 2.10 bits per heavy atom. The molecule has 0 unspecified atom stereocenters. The molecule has 3 rings (SSSR count). The van der Waals surface area contributed by atoms with Crippen LogP contribution in [0.25, 0.3) is 11.8 Å². The van der Waals surface area contributed by atoms with Crippen LogP contribution in [-0.4, -0.2) is 50.8 Å². The molecule has 0 aliphatic rings. The standard InChI is InChI=1S/C33H37FN2O5/c1-23(2)30(22-32(39)35-27-11-7-4-8-12-27)36(18-17-28(37)20-29(38)21-33(40)41)31(19-24-9-5-3-6-10-24)25-13-15-26(34)16-14-25/h3-16,19,22-23,28-29,37-38H,17-18,20-21H2,1-2H3,(H,35,39)(H,40,41)/b30-22+,31-19+/t28-,29+/m0/s1. The molecule has 1 amide bonds. The van der Waals surface area contributed by atoms with Gasteiger partial charge in [0.05, 0.1) is 18.6 Å². The molecule has 3 aromatic rings. The Hall–Kier alpha value is -4.27. The van der Waals surface area contributed by atoms with Crippen LogP contribution in [0.3, 0.4) is 0 Å². The third kappa shape index (κ3) is 10.3. The Balaban J connectivity index is 2.05. The molecule has 8 heteroatoms. The lowest BCUT2D eigenvalue weighted by molar-refractivity contribution is -0.139. The van der Waals surface area contributed by atoms with E-state index < -0.39 is 24.6 Å². The van der Waals surface area contributed by atoms with Crippen molar-refractivity contribution in [3.63, 3.8) is 0 Å². The predicted molar refractivity (Wildman–Crippen MR) is 159 cm³/mol. The van der Waals surface area contributed by atoms with Crippen LogP contribution in [0.1, 0.15) is 44.2 Å². The molecule has 0 spiro atoms. The molecule has 0 radical (unpaired) electrons.